The minimum Gasteiger partial charge on any atom is -0.362 e. The van der Waals surface area contributed by atoms with Gasteiger partial charge in [0.1, 0.15) is 12.3 Å². The highest BCUT2D eigenvalue weighted by atomic mass is 15.5. The van der Waals surface area contributed by atoms with E-state index in [1.807, 2.05) is 18.2 Å². The van der Waals surface area contributed by atoms with Crippen LogP contribution in [0.15, 0.2) is 91.0 Å². The predicted molar refractivity (Wildman–Crippen MR) is 96.6 cm³/mol. The first-order valence-corrected chi connectivity index (χ1v) is 7.88. The second-order valence-corrected chi connectivity index (χ2v) is 5.65. The molecule has 3 aromatic rings. The lowest BCUT2D eigenvalue weighted by Crippen LogP contribution is -2.13. The molecule has 0 bridgehead atoms. The lowest BCUT2D eigenvalue weighted by Gasteiger charge is -2.07. The van der Waals surface area contributed by atoms with E-state index in [-0.39, 0.29) is 12.3 Å². The van der Waals surface area contributed by atoms with Crippen molar-refractivity contribution >= 4 is 17.1 Å². The van der Waals surface area contributed by atoms with Crippen molar-refractivity contribution in [3.8, 4) is 0 Å². The Kier molecular flexibility index (Phi) is 3.60. The summed E-state index contributed by atoms with van der Waals surface area (Å²) in [5.74, 6) is 0. The fourth-order valence-corrected chi connectivity index (χ4v) is 2.86. The van der Waals surface area contributed by atoms with E-state index in [1.165, 1.54) is 5.69 Å². The van der Waals surface area contributed by atoms with Crippen molar-refractivity contribution in [1.29, 1.82) is 0 Å². The normalized spacial score (nSPS) is 19.2. The molecule has 1 saturated heterocycles. The SMILES string of the molecule is c1ccc(NC2C(Nc3ccccc3)N2c2ccccc2)cc1. The lowest BCUT2D eigenvalue weighted by molar-refractivity contribution is 1.07. The summed E-state index contributed by atoms with van der Waals surface area (Å²) in [6.45, 7) is 0. The Morgan fingerprint density at radius 2 is 0.913 bits per heavy atom. The van der Waals surface area contributed by atoms with E-state index >= 15 is 0 Å². The maximum absolute atomic E-state index is 3.60. The van der Waals surface area contributed by atoms with E-state index < -0.39 is 0 Å². The lowest BCUT2D eigenvalue weighted by atomic mass is 10.3. The van der Waals surface area contributed by atoms with Gasteiger partial charge in [-0.25, -0.2) is 0 Å². The van der Waals surface area contributed by atoms with Crippen molar-refractivity contribution in [2.75, 3.05) is 15.5 Å². The minimum absolute atomic E-state index is 0.236. The molecule has 3 nitrogen and oxygen atoms in total. The second-order valence-electron chi connectivity index (χ2n) is 5.65. The van der Waals surface area contributed by atoms with Crippen LogP contribution < -0.4 is 15.5 Å². The highest BCUT2D eigenvalue weighted by Gasteiger charge is 2.48. The van der Waals surface area contributed by atoms with E-state index in [1.54, 1.807) is 0 Å². The number of hydrogen-bond donors (Lipinski definition) is 2. The fourth-order valence-electron chi connectivity index (χ4n) is 2.86. The van der Waals surface area contributed by atoms with Crippen molar-refractivity contribution in [2.45, 2.75) is 12.3 Å². The highest BCUT2D eigenvalue weighted by Crippen LogP contribution is 2.36. The molecule has 2 N–H and O–H groups in total. The molecule has 0 aliphatic carbocycles. The third kappa shape index (κ3) is 2.99. The Morgan fingerprint density at radius 3 is 1.35 bits per heavy atom. The van der Waals surface area contributed by atoms with E-state index in [0.29, 0.717) is 0 Å². The molecule has 0 saturated carbocycles. The Balaban J connectivity index is 1.55. The van der Waals surface area contributed by atoms with Crippen LogP contribution >= 0.6 is 0 Å². The molecular formula is C20H19N3. The molecule has 0 radical (unpaired) electrons. The largest absolute Gasteiger partial charge is 0.362 e. The predicted octanol–water partition coefficient (Wildman–Crippen LogP) is 4.38. The molecule has 1 aliphatic rings. The first kappa shape index (κ1) is 13.7. The zero-order chi connectivity index (χ0) is 15.5. The average Bonchev–Trinajstić information content (AvgIpc) is 3.29. The maximum atomic E-state index is 3.60. The Morgan fingerprint density at radius 1 is 0.522 bits per heavy atom. The molecule has 0 spiro atoms. The van der Waals surface area contributed by atoms with Gasteiger partial charge in [-0.3, -0.25) is 0 Å². The van der Waals surface area contributed by atoms with Crippen LogP contribution in [0.4, 0.5) is 17.1 Å². The van der Waals surface area contributed by atoms with Gasteiger partial charge in [-0.15, -0.1) is 0 Å². The van der Waals surface area contributed by atoms with Gasteiger partial charge in [0.05, 0.1) is 0 Å². The van der Waals surface area contributed by atoms with Crippen LogP contribution in [-0.2, 0) is 0 Å². The number of hydrogen-bond acceptors (Lipinski definition) is 3. The number of nitrogens with zero attached hydrogens (tertiary/aromatic N) is 1. The quantitative estimate of drug-likeness (QED) is 0.685. The number of anilines is 3. The van der Waals surface area contributed by atoms with Gasteiger partial charge in [-0.1, -0.05) is 54.6 Å². The molecule has 1 fully saturated rings. The molecule has 23 heavy (non-hydrogen) atoms. The summed E-state index contributed by atoms with van der Waals surface area (Å²) in [5.41, 5.74) is 3.49. The summed E-state index contributed by atoms with van der Waals surface area (Å²) in [6, 6.07) is 31.2. The summed E-state index contributed by atoms with van der Waals surface area (Å²) in [5, 5.41) is 7.20. The van der Waals surface area contributed by atoms with Crippen molar-refractivity contribution in [3.05, 3.63) is 91.0 Å². The maximum Gasteiger partial charge on any atom is 0.141 e. The number of rotatable bonds is 5. The van der Waals surface area contributed by atoms with Gasteiger partial charge >= 0.3 is 0 Å². The van der Waals surface area contributed by atoms with Crippen LogP contribution in [0, 0.1) is 0 Å². The number of benzene rings is 3. The van der Waals surface area contributed by atoms with Gasteiger partial charge in [-0.2, -0.15) is 0 Å². The third-order valence-electron chi connectivity index (χ3n) is 4.04. The van der Waals surface area contributed by atoms with Crippen LogP contribution in [0.2, 0.25) is 0 Å². The van der Waals surface area contributed by atoms with Gasteiger partial charge in [0.2, 0.25) is 0 Å². The monoisotopic (exact) mass is 301 g/mol. The van der Waals surface area contributed by atoms with Crippen LogP contribution in [0.1, 0.15) is 0 Å². The van der Waals surface area contributed by atoms with Crippen molar-refractivity contribution in [1.82, 2.24) is 0 Å². The smallest absolute Gasteiger partial charge is 0.141 e. The summed E-state index contributed by atoms with van der Waals surface area (Å²) in [6.07, 6.45) is 0.472. The molecule has 0 aromatic heterocycles. The van der Waals surface area contributed by atoms with E-state index in [2.05, 4.69) is 88.3 Å². The molecule has 1 heterocycles. The molecule has 114 valence electrons. The molecule has 2 atom stereocenters. The standard InChI is InChI=1S/C20H19N3/c1-4-10-16(11-5-1)21-19-20(22-17-12-6-2-7-13-17)23(19)18-14-8-3-9-15-18/h1-15,19-22H. The van der Waals surface area contributed by atoms with Gasteiger partial charge < -0.3 is 15.5 Å². The molecule has 2 unspecified atom stereocenters. The summed E-state index contributed by atoms with van der Waals surface area (Å²) < 4.78 is 0. The van der Waals surface area contributed by atoms with E-state index in [0.717, 1.165) is 11.4 Å². The minimum atomic E-state index is 0.236. The first-order chi connectivity index (χ1) is 11.4. The summed E-state index contributed by atoms with van der Waals surface area (Å²) in [7, 11) is 0. The van der Waals surface area contributed by atoms with Gasteiger partial charge in [0, 0.05) is 17.1 Å². The van der Waals surface area contributed by atoms with Crippen LogP contribution in [-0.4, -0.2) is 12.3 Å². The van der Waals surface area contributed by atoms with Crippen LogP contribution in [0.5, 0.6) is 0 Å². The first-order valence-electron chi connectivity index (χ1n) is 7.88. The average molecular weight is 301 g/mol. The van der Waals surface area contributed by atoms with Crippen molar-refractivity contribution < 1.29 is 0 Å². The highest BCUT2D eigenvalue weighted by molar-refractivity contribution is 5.64. The molecular weight excluding hydrogens is 282 g/mol. The van der Waals surface area contributed by atoms with E-state index in [4.69, 9.17) is 0 Å². The van der Waals surface area contributed by atoms with Gasteiger partial charge in [-0.05, 0) is 36.4 Å². The molecule has 3 aromatic carbocycles. The molecule has 1 aliphatic heterocycles. The molecule has 4 rings (SSSR count). The zero-order valence-corrected chi connectivity index (χ0v) is 12.8. The van der Waals surface area contributed by atoms with Gasteiger partial charge in [0.25, 0.3) is 0 Å². The van der Waals surface area contributed by atoms with Crippen molar-refractivity contribution in [2.24, 2.45) is 0 Å². The summed E-state index contributed by atoms with van der Waals surface area (Å²) in [4.78, 5) is 2.35. The Hall–Kier alpha value is -2.94. The number of para-hydroxylation sites is 3. The molecule has 3 heteroatoms. The third-order valence-corrected chi connectivity index (χ3v) is 4.04. The second kappa shape index (κ2) is 6.05. The fraction of sp³-hybridized carbons (Fsp3) is 0.100. The Labute approximate surface area is 136 Å². The van der Waals surface area contributed by atoms with E-state index in [9.17, 15) is 0 Å². The number of nitrogens with one attached hydrogen (secondary N) is 2. The topological polar surface area (TPSA) is 27.1 Å². The van der Waals surface area contributed by atoms with Gasteiger partial charge in [0.15, 0.2) is 0 Å². The van der Waals surface area contributed by atoms with Crippen LogP contribution in [0.25, 0.3) is 0 Å². The van der Waals surface area contributed by atoms with Crippen LogP contribution in [0.3, 0.4) is 0 Å². The van der Waals surface area contributed by atoms with Crippen molar-refractivity contribution in [3.63, 3.8) is 0 Å². The molecule has 0 amide bonds. The zero-order valence-electron chi connectivity index (χ0n) is 12.8. The summed E-state index contributed by atoms with van der Waals surface area (Å²) >= 11 is 0. The Bertz CT molecular complexity index is 696.